The zero-order valence-corrected chi connectivity index (χ0v) is 13.8. The van der Waals surface area contributed by atoms with Gasteiger partial charge in [-0.2, -0.15) is 0 Å². The van der Waals surface area contributed by atoms with Crippen molar-refractivity contribution in [1.29, 1.82) is 0 Å². The average Bonchev–Trinajstić information content (AvgIpc) is 2.39. The highest BCUT2D eigenvalue weighted by Crippen LogP contribution is 2.35. The van der Waals surface area contributed by atoms with E-state index in [1.807, 2.05) is 42.5 Å². The van der Waals surface area contributed by atoms with Crippen LogP contribution in [-0.2, 0) is 0 Å². The summed E-state index contributed by atoms with van der Waals surface area (Å²) in [5.41, 5.74) is 0. The maximum absolute atomic E-state index is 5.93. The van der Waals surface area contributed by atoms with E-state index < -0.39 is 0 Å². The maximum atomic E-state index is 5.93. The highest BCUT2D eigenvalue weighted by molar-refractivity contribution is 9.10. The Bertz CT molecular complexity index is 597. The second-order valence-electron chi connectivity index (χ2n) is 4.55. The van der Waals surface area contributed by atoms with Gasteiger partial charge < -0.3 is 14.8 Å². The molecule has 0 radical (unpaired) electrons. The number of hydrogen-bond donors (Lipinski definition) is 1. The highest BCUT2D eigenvalue weighted by atomic mass is 79.9. The zero-order chi connectivity index (χ0) is 13.9. The molecule has 0 atom stereocenters. The molecule has 5 heteroatoms. The maximum Gasteiger partial charge on any atom is 0.169 e. The minimum atomic E-state index is 0.219. The van der Waals surface area contributed by atoms with Crippen LogP contribution >= 0.6 is 31.9 Å². The molecule has 2 aromatic rings. The number of rotatable bonds is 4. The molecule has 3 nitrogen and oxygen atoms in total. The van der Waals surface area contributed by atoms with E-state index in [2.05, 4.69) is 37.2 Å². The first-order valence-corrected chi connectivity index (χ1v) is 7.90. The number of nitrogens with one attached hydrogen (secondary N) is 1. The standard InChI is InChI=1S/C15H13Br2NO2/c16-10-1-4-12(5-2-10)19-14-6-3-11(17)7-15(14)20-13-8-18-9-13/h1-7,13,18H,8-9H2. The summed E-state index contributed by atoms with van der Waals surface area (Å²) in [6, 6.07) is 13.5. The molecule has 104 valence electrons. The van der Waals surface area contributed by atoms with Crippen molar-refractivity contribution in [3.05, 3.63) is 51.4 Å². The van der Waals surface area contributed by atoms with Gasteiger partial charge in [0.15, 0.2) is 11.5 Å². The molecule has 2 aromatic carbocycles. The van der Waals surface area contributed by atoms with Crippen LogP contribution in [0.3, 0.4) is 0 Å². The van der Waals surface area contributed by atoms with Crippen molar-refractivity contribution in [2.45, 2.75) is 6.10 Å². The third kappa shape index (κ3) is 3.34. The van der Waals surface area contributed by atoms with Crippen LogP contribution in [0.15, 0.2) is 51.4 Å². The van der Waals surface area contributed by atoms with Gasteiger partial charge in [0.2, 0.25) is 0 Å². The van der Waals surface area contributed by atoms with E-state index in [9.17, 15) is 0 Å². The molecule has 0 aromatic heterocycles. The zero-order valence-electron chi connectivity index (χ0n) is 10.6. The Morgan fingerprint density at radius 3 is 2.25 bits per heavy atom. The lowest BCUT2D eigenvalue weighted by Crippen LogP contribution is -2.50. The summed E-state index contributed by atoms with van der Waals surface area (Å²) >= 11 is 6.87. The first-order chi connectivity index (χ1) is 9.70. The van der Waals surface area contributed by atoms with Gasteiger partial charge in [0.05, 0.1) is 0 Å². The Morgan fingerprint density at radius 1 is 0.900 bits per heavy atom. The lowest BCUT2D eigenvalue weighted by atomic mass is 10.2. The van der Waals surface area contributed by atoms with Crippen LogP contribution in [0.5, 0.6) is 17.2 Å². The van der Waals surface area contributed by atoms with Crippen LogP contribution in [-0.4, -0.2) is 19.2 Å². The van der Waals surface area contributed by atoms with E-state index in [4.69, 9.17) is 9.47 Å². The molecular formula is C15H13Br2NO2. The molecule has 3 rings (SSSR count). The molecular weight excluding hydrogens is 386 g/mol. The summed E-state index contributed by atoms with van der Waals surface area (Å²) in [5, 5.41) is 3.19. The summed E-state index contributed by atoms with van der Waals surface area (Å²) in [6.45, 7) is 1.76. The number of halogens is 2. The normalized spacial score (nSPS) is 14.7. The fourth-order valence-corrected chi connectivity index (χ4v) is 2.42. The van der Waals surface area contributed by atoms with E-state index in [0.717, 1.165) is 39.3 Å². The van der Waals surface area contributed by atoms with Crippen molar-refractivity contribution in [1.82, 2.24) is 5.32 Å². The van der Waals surface area contributed by atoms with E-state index in [0.29, 0.717) is 0 Å². The first-order valence-electron chi connectivity index (χ1n) is 6.31. The van der Waals surface area contributed by atoms with Crippen LogP contribution < -0.4 is 14.8 Å². The minimum absolute atomic E-state index is 0.219. The van der Waals surface area contributed by atoms with Crippen molar-refractivity contribution in [3.63, 3.8) is 0 Å². The van der Waals surface area contributed by atoms with E-state index in [-0.39, 0.29) is 6.10 Å². The summed E-state index contributed by atoms with van der Waals surface area (Å²) < 4.78 is 13.8. The SMILES string of the molecule is Brc1ccc(Oc2ccc(Br)cc2OC2CNC2)cc1. The second kappa shape index (κ2) is 6.16. The summed E-state index contributed by atoms with van der Waals surface area (Å²) in [5.74, 6) is 2.27. The third-order valence-corrected chi connectivity index (χ3v) is 4.01. The first kappa shape index (κ1) is 13.9. The predicted octanol–water partition coefficient (Wildman–Crippen LogP) is 4.35. The van der Waals surface area contributed by atoms with Crippen molar-refractivity contribution in [3.8, 4) is 17.2 Å². The molecule has 1 aliphatic heterocycles. The largest absolute Gasteiger partial charge is 0.484 e. The summed E-state index contributed by atoms with van der Waals surface area (Å²) in [4.78, 5) is 0. The fourth-order valence-electron chi connectivity index (χ4n) is 1.81. The molecule has 1 aliphatic rings. The van der Waals surface area contributed by atoms with E-state index in [1.165, 1.54) is 0 Å². The molecule has 0 saturated carbocycles. The third-order valence-electron chi connectivity index (χ3n) is 2.98. The molecule has 1 heterocycles. The molecule has 0 amide bonds. The lowest BCUT2D eigenvalue weighted by Gasteiger charge is -2.28. The van der Waals surface area contributed by atoms with Crippen molar-refractivity contribution >= 4 is 31.9 Å². The predicted molar refractivity (Wildman–Crippen MR) is 85.6 cm³/mol. The summed E-state index contributed by atoms with van der Waals surface area (Å²) in [7, 11) is 0. The molecule has 20 heavy (non-hydrogen) atoms. The molecule has 1 N–H and O–H groups in total. The highest BCUT2D eigenvalue weighted by Gasteiger charge is 2.20. The van der Waals surface area contributed by atoms with Gasteiger partial charge in [-0.1, -0.05) is 31.9 Å². The Labute approximate surface area is 134 Å². The van der Waals surface area contributed by atoms with Crippen molar-refractivity contribution < 1.29 is 9.47 Å². The molecule has 0 spiro atoms. The molecule has 1 saturated heterocycles. The number of benzene rings is 2. The van der Waals surface area contributed by atoms with Crippen LogP contribution in [0.25, 0.3) is 0 Å². The fraction of sp³-hybridized carbons (Fsp3) is 0.200. The van der Waals surface area contributed by atoms with Gasteiger partial charge in [0.25, 0.3) is 0 Å². The average molecular weight is 399 g/mol. The van der Waals surface area contributed by atoms with Crippen LogP contribution in [0.1, 0.15) is 0 Å². The van der Waals surface area contributed by atoms with Crippen LogP contribution in [0, 0.1) is 0 Å². The van der Waals surface area contributed by atoms with Gasteiger partial charge in [-0.3, -0.25) is 0 Å². The number of hydrogen-bond acceptors (Lipinski definition) is 3. The van der Waals surface area contributed by atoms with E-state index in [1.54, 1.807) is 0 Å². The van der Waals surface area contributed by atoms with Gasteiger partial charge in [-0.15, -0.1) is 0 Å². The number of ether oxygens (including phenoxy) is 2. The Kier molecular flexibility index (Phi) is 4.29. The van der Waals surface area contributed by atoms with Gasteiger partial charge in [-0.05, 0) is 42.5 Å². The van der Waals surface area contributed by atoms with Gasteiger partial charge in [-0.25, -0.2) is 0 Å². The second-order valence-corrected chi connectivity index (χ2v) is 6.38. The molecule has 0 aliphatic carbocycles. The Hall–Kier alpha value is -1.04. The van der Waals surface area contributed by atoms with Crippen molar-refractivity contribution in [2.75, 3.05) is 13.1 Å². The monoisotopic (exact) mass is 397 g/mol. The smallest absolute Gasteiger partial charge is 0.169 e. The quantitative estimate of drug-likeness (QED) is 0.830. The van der Waals surface area contributed by atoms with Gasteiger partial charge in [0.1, 0.15) is 11.9 Å². The molecule has 0 bridgehead atoms. The molecule has 0 unspecified atom stereocenters. The molecule has 1 fully saturated rings. The van der Waals surface area contributed by atoms with E-state index >= 15 is 0 Å². The summed E-state index contributed by atoms with van der Waals surface area (Å²) in [6.07, 6.45) is 0.219. The topological polar surface area (TPSA) is 30.5 Å². The Morgan fingerprint density at radius 2 is 1.60 bits per heavy atom. The van der Waals surface area contributed by atoms with Crippen LogP contribution in [0.4, 0.5) is 0 Å². The van der Waals surface area contributed by atoms with Gasteiger partial charge in [0, 0.05) is 22.0 Å². The van der Waals surface area contributed by atoms with Crippen LogP contribution in [0.2, 0.25) is 0 Å². The van der Waals surface area contributed by atoms with Crippen molar-refractivity contribution in [2.24, 2.45) is 0 Å². The minimum Gasteiger partial charge on any atom is -0.484 e. The lowest BCUT2D eigenvalue weighted by molar-refractivity contribution is 0.138. The van der Waals surface area contributed by atoms with Gasteiger partial charge >= 0.3 is 0 Å². The Balaban J connectivity index is 1.81.